The molecule has 0 aliphatic carbocycles. The molecule has 0 bridgehead atoms. The number of hydrogen-bond donors (Lipinski definition) is 1. The smallest absolute Gasteiger partial charge is 0.412 e. The van der Waals surface area contributed by atoms with Gasteiger partial charge in [0.1, 0.15) is 16.8 Å². The number of anilines is 2. The lowest BCUT2D eigenvalue weighted by Crippen LogP contribution is -2.50. The molecule has 2 aromatic heterocycles. The van der Waals surface area contributed by atoms with Gasteiger partial charge in [0.2, 0.25) is 5.43 Å². The highest BCUT2D eigenvalue weighted by atomic mass is 16.6. The standard InChI is InChI=1S/C32H36N4O6/c1-31(2,3)41-29(38)34-23-8-7-9-24-25(23)27(37)26-28(40-24)22(14-15-33-26)20-10-12-21(13-11-20)35-16-18-36(19-17-35)30(39)42-32(4,5)6/h7-15H,16-19H2,1-6H3,(H,34,38). The Morgan fingerprint density at radius 2 is 1.55 bits per heavy atom. The van der Waals surface area contributed by atoms with Crippen LogP contribution in [0.25, 0.3) is 33.2 Å². The van der Waals surface area contributed by atoms with E-state index in [1.165, 1.54) is 0 Å². The van der Waals surface area contributed by atoms with Crippen molar-refractivity contribution in [2.75, 3.05) is 36.4 Å². The van der Waals surface area contributed by atoms with Crippen LogP contribution in [0.15, 0.2) is 63.9 Å². The van der Waals surface area contributed by atoms with E-state index in [-0.39, 0.29) is 22.4 Å². The van der Waals surface area contributed by atoms with Gasteiger partial charge in [-0.3, -0.25) is 10.1 Å². The summed E-state index contributed by atoms with van der Waals surface area (Å²) in [5.74, 6) is 0. The summed E-state index contributed by atoms with van der Waals surface area (Å²) in [7, 11) is 0. The Labute approximate surface area is 244 Å². The lowest BCUT2D eigenvalue weighted by Gasteiger charge is -2.36. The zero-order valence-corrected chi connectivity index (χ0v) is 24.8. The van der Waals surface area contributed by atoms with Crippen LogP contribution in [0.2, 0.25) is 0 Å². The van der Waals surface area contributed by atoms with Crippen LogP contribution in [-0.4, -0.2) is 59.5 Å². The molecule has 1 aliphatic rings. The van der Waals surface area contributed by atoms with Crippen LogP contribution in [0.5, 0.6) is 0 Å². The van der Waals surface area contributed by atoms with Crippen molar-refractivity contribution in [1.29, 1.82) is 0 Å². The van der Waals surface area contributed by atoms with E-state index in [0.29, 0.717) is 43.0 Å². The lowest BCUT2D eigenvalue weighted by atomic mass is 10.0. The third-order valence-corrected chi connectivity index (χ3v) is 6.70. The zero-order valence-electron chi connectivity index (χ0n) is 24.8. The fourth-order valence-corrected chi connectivity index (χ4v) is 4.86. The van der Waals surface area contributed by atoms with E-state index in [2.05, 4.69) is 15.2 Å². The SMILES string of the molecule is CC(C)(C)OC(=O)Nc1cccc2oc3c(-c4ccc(N5CCN(C(=O)OC(C)(C)C)CC5)cc4)ccnc3c(=O)c12. The highest BCUT2D eigenvalue weighted by Gasteiger charge is 2.26. The number of fused-ring (bicyclic) bond motifs is 2. The number of rotatable bonds is 3. The Hall–Kier alpha value is -4.60. The summed E-state index contributed by atoms with van der Waals surface area (Å²) >= 11 is 0. The molecule has 2 aromatic carbocycles. The number of nitrogens with one attached hydrogen (secondary N) is 1. The Morgan fingerprint density at radius 3 is 2.19 bits per heavy atom. The molecule has 0 atom stereocenters. The van der Waals surface area contributed by atoms with Crippen LogP contribution in [0, 0.1) is 0 Å². The molecule has 3 heterocycles. The first-order chi connectivity index (χ1) is 19.8. The molecule has 1 aliphatic heterocycles. The molecule has 0 radical (unpaired) electrons. The lowest BCUT2D eigenvalue weighted by molar-refractivity contribution is 0.0240. The van der Waals surface area contributed by atoms with Gasteiger partial charge in [0, 0.05) is 43.6 Å². The number of carbonyl (C=O) groups excluding carboxylic acids is 2. The summed E-state index contributed by atoms with van der Waals surface area (Å²) in [6, 6.07) is 14.8. The van der Waals surface area contributed by atoms with E-state index in [1.807, 2.05) is 51.1 Å². The molecule has 10 nitrogen and oxygen atoms in total. The summed E-state index contributed by atoms with van der Waals surface area (Å²) in [5.41, 5.74) is 2.22. The van der Waals surface area contributed by atoms with E-state index in [4.69, 9.17) is 13.9 Å². The van der Waals surface area contributed by atoms with Crippen molar-refractivity contribution in [3.05, 3.63) is 65.0 Å². The van der Waals surface area contributed by atoms with E-state index in [9.17, 15) is 14.4 Å². The largest absolute Gasteiger partial charge is 0.453 e. The minimum atomic E-state index is -0.688. The van der Waals surface area contributed by atoms with Gasteiger partial charge in [-0.1, -0.05) is 18.2 Å². The number of nitrogens with zero attached hydrogens (tertiary/aromatic N) is 3. The molecule has 1 N–H and O–H groups in total. The average Bonchev–Trinajstić information content (AvgIpc) is 2.91. The summed E-state index contributed by atoms with van der Waals surface area (Å²) in [6.45, 7) is 13.4. The maximum absolute atomic E-state index is 13.6. The van der Waals surface area contributed by atoms with Crippen molar-refractivity contribution in [2.45, 2.75) is 52.7 Å². The summed E-state index contributed by atoms with van der Waals surface area (Å²) < 4.78 is 17.1. The van der Waals surface area contributed by atoms with E-state index >= 15 is 0 Å². The number of piperazine rings is 1. The quantitative estimate of drug-likeness (QED) is 0.280. The van der Waals surface area contributed by atoms with Gasteiger partial charge in [0.15, 0.2) is 11.1 Å². The van der Waals surface area contributed by atoms with Gasteiger partial charge >= 0.3 is 12.2 Å². The first kappa shape index (κ1) is 28.9. The van der Waals surface area contributed by atoms with Crippen LogP contribution >= 0.6 is 0 Å². The number of benzene rings is 2. The molecular weight excluding hydrogens is 536 g/mol. The normalized spacial score (nSPS) is 14.2. The Balaban J connectivity index is 1.39. The number of aromatic nitrogens is 1. The third kappa shape index (κ3) is 6.32. The topological polar surface area (TPSA) is 114 Å². The minimum absolute atomic E-state index is 0.167. The first-order valence-corrected chi connectivity index (χ1v) is 14.0. The van der Waals surface area contributed by atoms with Gasteiger partial charge in [-0.2, -0.15) is 0 Å². The maximum Gasteiger partial charge on any atom is 0.412 e. The number of hydrogen-bond acceptors (Lipinski definition) is 8. The molecule has 4 aromatic rings. The molecule has 0 spiro atoms. The van der Waals surface area contributed by atoms with Gasteiger partial charge in [-0.15, -0.1) is 0 Å². The molecule has 10 heteroatoms. The first-order valence-electron chi connectivity index (χ1n) is 14.0. The summed E-state index contributed by atoms with van der Waals surface area (Å²) in [5, 5.41) is 2.89. The van der Waals surface area contributed by atoms with Crippen LogP contribution in [0.3, 0.4) is 0 Å². The molecule has 42 heavy (non-hydrogen) atoms. The molecule has 1 fully saturated rings. The highest BCUT2D eigenvalue weighted by molar-refractivity contribution is 6.03. The van der Waals surface area contributed by atoms with Crippen molar-refractivity contribution in [2.24, 2.45) is 0 Å². The van der Waals surface area contributed by atoms with Crippen molar-refractivity contribution < 1.29 is 23.5 Å². The second-order valence-corrected chi connectivity index (χ2v) is 12.3. The van der Waals surface area contributed by atoms with E-state index in [1.54, 1.807) is 50.1 Å². The zero-order chi connectivity index (χ0) is 30.2. The van der Waals surface area contributed by atoms with Crippen LogP contribution in [0.1, 0.15) is 41.5 Å². The van der Waals surface area contributed by atoms with Crippen LogP contribution in [0.4, 0.5) is 21.0 Å². The maximum atomic E-state index is 13.6. The van der Waals surface area contributed by atoms with Gasteiger partial charge in [-0.05, 0) is 77.4 Å². The van der Waals surface area contributed by atoms with Gasteiger partial charge in [0.05, 0.1) is 11.1 Å². The van der Waals surface area contributed by atoms with Crippen LogP contribution in [-0.2, 0) is 9.47 Å². The number of amides is 2. The fourth-order valence-electron chi connectivity index (χ4n) is 4.86. The predicted molar refractivity (Wildman–Crippen MR) is 163 cm³/mol. The Bertz CT molecular complexity index is 1690. The predicted octanol–water partition coefficient (Wildman–Crippen LogP) is 6.41. The van der Waals surface area contributed by atoms with Crippen LogP contribution < -0.4 is 15.6 Å². The average molecular weight is 573 g/mol. The molecule has 1 saturated heterocycles. The molecule has 220 valence electrons. The highest BCUT2D eigenvalue weighted by Crippen LogP contribution is 2.32. The summed E-state index contributed by atoms with van der Waals surface area (Å²) in [6.07, 6.45) is 0.625. The Kier molecular flexibility index (Phi) is 7.57. The van der Waals surface area contributed by atoms with Crippen molar-refractivity contribution in [3.8, 4) is 11.1 Å². The second kappa shape index (κ2) is 11.0. The molecule has 0 saturated carbocycles. The fraction of sp³-hybridized carbons (Fsp3) is 0.375. The molecule has 0 unspecified atom stereocenters. The molecule has 5 rings (SSSR count). The molecule has 2 amide bonds. The van der Waals surface area contributed by atoms with Crippen molar-refractivity contribution in [1.82, 2.24) is 9.88 Å². The number of ether oxygens (including phenoxy) is 2. The van der Waals surface area contributed by atoms with Gasteiger partial charge < -0.3 is 23.7 Å². The third-order valence-electron chi connectivity index (χ3n) is 6.70. The minimum Gasteiger partial charge on any atom is -0.453 e. The van der Waals surface area contributed by atoms with Crippen molar-refractivity contribution >= 4 is 45.6 Å². The number of carbonyl (C=O) groups is 2. The second-order valence-electron chi connectivity index (χ2n) is 12.3. The van der Waals surface area contributed by atoms with E-state index < -0.39 is 17.3 Å². The van der Waals surface area contributed by atoms with Gasteiger partial charge in [-0.25, -0.2) is 14.6 Å². The molecular formula is C32H36N4O6. The monoisotopic (exact) mass is 572 g/mol. The Morgan fingerprint density at radius 1 is 0.881 bits per heavy atom. The summed E-state index contributed by atoms with van der Waals surface area (Å²) in [4.78, 5) is 46.7. The van der Waals surface area contributed by atoms with E-state index in [0.717, 1.165) is 16.8 Å². The van der Waals surface area contributed by atoms with Gasteiger partial charge in [0.25, 0.3) is 0 Å². The number of pyridine rings is 1. The van der Waals surface area contributed by atoms with Crippen molar-refractivity contribution in [3.63, 3.8) is 0 Å².